The van der Waals surface area contributed by atoms with Crippen molar-refractivity contribution in [2.75, 3.05) is 20.2 Å². The molecule has 1 aromatic carbocycles. The van der Waals surface area contributed by atoms with E-state index in [-0.39, 0.29) is 18.2 Å². The van der Waals surface area contributed by atoms with Crippen LogP contribution in [0.2, 0.25) is 0 Å². The number of ether oxygens (including phenoxy) is 1. The molecule has 0 radical (unpaired) electrons. The minimum atomic E-state index is -0.229. The molecule has 2 amide bonds. The number of rotatable bonds is 9. The van der Waals surface area contributed by atoms with Gasteiger partial charge in [0.15, 0.2) is 0 Å². The van der Waals surface area contributed by atoms with Gasteiger partial charge in [0.25, 0.3) is 5.91 Å². The Bertz CT molecular complexity index is 958. The topological polar surface area (TPSA) is 119 Å². The fourth-order valence-electron chi connectivity index (χ4n) is 2.53. The number of hydrogen-bond donors (Lipinski definition) is 2. The van der Waals surface area contributed by atoms with Crippen LogP contribution in [0.15, 0.2) is 53.3 Å². The first kappa shape index (κ1) is 20.0. The highest BCUT2D eigenvalue weighted by molar-refractivity contribution is 5.94. The molecule has 9 nitrogen and oxygen atoms in total. The summed E-state index contributed by atoms with van der Waals surface area (Å²) < 4.78 is 10.3. The molecule has 0 unspecified atom stereocenters. The molecule has 0 spiro atoms. The second-order valence-electron chi connectivity index (χ2n) is 6.09. The number of aryl methyl sites for hydroxylation is 1. The van der Waals surface area contributed by atoms with E-state index < -0.39 is 0 Å². The fraction of sp³-hybridized carbons (Fsp3) is 0.250. The lowest BCUT2D eigenvalue weighted by atomic mass is 10.2. The van der Waals surface area contributed by atoms with Gasteiger partial charge in [-0.3, -0.25) is 14.6 Å². The first-order valence-corrected chi connectivity index (χ1v) is 9.07. The number of aromatic nitrogens is 3. The van der Waals surface area contributed by atoms with E-state index in [0.29, 0.717) is 42.5 Å². The first-order chi connectivity index (χ1) is 14.2. The van der Waals surface area contributed by atoms with Crippen LogP contribution in [0.1, 0.15) is 22.7 Å². The average Bonchev–Trinajstić information content (AvgIpc) is 3.25. The molecule has 150 valence electrons. The third-order valence-corrected chi connectivity index (χ3v) is 4.04. The maximum atomic E-state index is 12.1. The van der Waals surface area contributed by atoms with Gasteiger partial charge in [-0.25, -0.2) is 0 Å². The first-order valence-electron chi connectivity index (χ1n) is 9.07. The van der Waals surface area contributed by atoms with E-state index in [1.807, 2.05) is 0 Å². The molecular weight excluding hydrogens is 374 g/mol. The SMILES string of the molecule is COc1cccc(C(=O)NCCNC(=O)CCc2nc(-c3ccncc3)no2)c1. The van der Waals surface area contributed by atoms with E-state index in [9.17, 15) is 9.59 Å². The number of nitrogens with zero attached hydrogens (tertiary/aromatic N) is 3. The number of methoxy groups -OCH3 is 1. The molecule has 0 aliphatic heterocycles. The van der Waals surface area contributed by atoms with E-state index >= 15 is 0 Å². The number of nitrogens with one attached hydrogen (secondary N) is 2. The number of benzene rings is 1. The molecular formula is C20H21N5O4. The van der Waals surface area contributed by atoms with Crippen molar-refractivity contribution in [2.24, 2.45) is 0 Å². The van der Waals surface area contributed by atoms with Crippen LogP contribution >= 0.6 is 0 Å². The maximum absolute atomic E-state index is 12.1. The number of carbonyl (C=O) groups is 2. The van der Waals surface area contributed by atoms with Gasteiger partial charge >= 0.3 is 0 Å². The second-order valence-corrected chi connectivity index (χ2v) is 6.09. The second kappa shape index (κ2) is 9.98. The third kappa shape index (κ3) is 5.86. The predicted octanol–water partition coefficient (Wildman–Crippen LogP) is 1.62. The molecule has 29 heavy (non-hydrogen) atoms. The van der Waals surface area contributed by atoms with E-state index in [4.69, 9.17) is 9.26 Å². The van der Waals surface area contributed by atoms with Gasteiger partial charge < -0.3 is 19.9 Å². The molecule has 0 bridgehead atoms. The van der Waals surface area contributed by atoms with Crippen LogP contribution in [-0.4, -0.2) is 47.1 Å². The number of amides is 2. The van der Waals surface area contributed by atoms with Crippen molar-refractivity contribution >= 4 is 11.8 Å². The van der Waals surface area contributed by atoms with Crippen molar-refractivity contribution in [1.82, 2.24) is 25.8 Å². The van der Waals surface area contributed by atoms with Crippen molar-refractivity contribution in [1.29, 1.82) is 0 Å². The minimum Gasteiger partial charge on any atom is -0.497 e. The van der Waals surface area contributed by atoms with Gasteiger partial charge in [0.1, 0.15) is 5.75 Å². The monoisotopic (exact) mass is 395 g/mol. The highest BCUT2D eigenvalue weighted by atomic mass is 16.5. The Balaban J connectivity index is 1.36. The van der Waals surface area contributed by atoms with Gasteiger partial charge in [-0.2, -0.15) is 4.98 Å². The van der Waals surface area contributed by atoms with Crippen LogP contribution in [0.25, 0.3) is 11.4 Å². The summed E-state index contributed by atoms with van der Waals surface area (Å²) in [5.74, 6) is 1.07. The standard InChI is InChI=1S/C20H21N5O4/c1-28-16-4-2-3-15(13-16)20(27)23-12-11-22-17(26)5-6-18-24-19(25-29-18)14-7-9-21-10-8-14/h2-4,7-10,13H,5-6,11-12H2,1H3,(H,22,26)(H,23,27). The van der Waals surface area contributed by atoms with E-state index in [1.165, 1.54) is 0 Å². The molecule has 0 aliphatic rings. The number of carbonyl (C=O) groups excluding carboxylic acids is 2. The molecule has 0 saturated carbocycles. The van der Waals surface area contributed by atoms with Gasteiger partial charge in [-0.15, -0.1) is 0 Å². The third-order valence-electron chi connectivity index (χ3n) is 4.04. The van der Waals surface area contributed by atoms with Gasteiger partial charge in [-0.1, -0.05) is 11.2 Å². The van der Waals surface area contributed by atoms with Crippen molar-refractivity contribution in [3.05, 3.63) is 60.2 Å². The zero-order valence-corrected chi connectivity index (χ0v) is 15.9. The predicted molar refractivity (Wildman–Crippen MR) is 104 cm³/mol. The lowest BCUT2D eigenvalue weighted by molar-refractivity contribution is -0.121. The summed E-state index contributed by atoms with van der Waals surface area (Å²) in [4.78, 5) is 32.2. The highest BCUT2D eigenvalue weighted by Crippen LogP contribution is 2.14. The summed E-state index contributed by atoms with van der Waals surface area (Å²) in [7, 11) is 1.54. The van der Waals surface area contributed by atoms with E-state index in [0.717, 1.165) is 5.56 Å². The fourth-order valence-corrected chi connectivity index (χ4v) is 2.53. The summed E-state index contributed by atoms with van der Waals surface area (Å²) in [6.07, 6.45) is 3.83. The van der Waals surface area contributed by atoms with Gasteiger partial charge in [0.05, 0.1) is 7.11 Å². The molecule has 2 N–H and O–H groups in total. The molecule has 3 aromatic rings. The summed E-state index contributed by atoms with van der Waals surface area (Å²) in [6.45, 7) is 0.634. The van der Waals surface area contributed by atoms with Crippen molar-refractivity contribution in [3.8, 4) is 17.1 Å². The highest BCUT2D eigenvalue weighted by Gasteiger charge is 2.11. The largest absolute Gasteiger partial charge is 0.497 e. The Hall–Kier alpha value is -3.75. The van der Waals surface area contributed by atoms with Crippen LogP contribution < -0.4 is 15.4 Å². The van der Waals surface area contributed by atoms with Crippen LogP contribution in [0, 0.1) is 0 Å². The zero-order chi connectivity index (χ0) is 20.5. The van der Waals surface area contributed by atoms with Crippen LogP contribution in [0.4, 0.5) is 0 Å². The quantitative estimate of drug-likeness (QED) is 0.528. The van der Waals surface area contributed by atoms with Gasteiger partial charge in [0, 0.05) is 49.5 Å². The van der Waals surface area contributed by atoms with Gasteiger partial charge in [0.2, 0.25) is 17.6 Å². The Morgan fingerprint density at radius 3 is 2.69 bits per heavy atom. The summed E-state index contributed by atoms with van der Waals surface area (Å²) in [6, 6.07) is 10.4. The molecule has 2 aromatic heterocycles. The Labute approximate surface area is 167 Å². The van der Waals surface area contributed by atoms with Crippen LogP contribution in [-0.2, 0) is 11.2 Å². The molecule has 3 rings (SSSR count). The molecule has 0 fully saturated rings. The molecule has 0 atom stereocenters. The molecule has 2 heterocycles. The lowest BCUT2D eigenvalue weighted by Gasteiger charge is -2.07. The summed E-state index contributed by atoms with van der Waals surface area (Å²) >= 11 is 0. The van der Waals surface area contributed by atoms with Crippen molar-refractivity contribution in [3.63, 3.8) is 0 Å². The van der Waals surface area contributed by atoms with E-state index in [1.54, 1.807) is 55.9 Å². The van der Waals surface area contributed by atoms with Crippen LogP contribution in [0.3, 0.4) is 0 Å². The zero-order valence-electron chi connectivity index (χ0n) is 15.9. The molecule has 9 heteroatoms. The smallest absolute Gasteiger partial charge is 0.251 e. The summed E-state index contributed by atoms with van der Waals surface area (Å²) in [5, 5.41) is 9.39. The Morgan fingerprint density at radius 1 is 1.10 bits per heavy atom. The normalized spacial score (nSPS) is 10.4. The Kier molecular flexibility index (Phi) is 6.88. The van der Waals surface area contributed by atoms with Crippen LogP contribution in [0.5, 0.6) is 5.75 Å². The van der Waals surface area contributed by atoms with Crippen molar-refractivity contribution < 1.29 is 18.8 Å². The lowest BCUT2D eigenvalue weighted by Crippen LogP contribution is -2.34. The minimum absolute atomic E-state index is 0.163. The number of hydrogen-bond acceptors (Lipinski definition) is 7. The van der Waals surface area contributed by atoms with Crippen molar-refractivity contribution in [2.45, 2.75) is 12.8 Å². The molecule has 0 aliphatic carbocycles. The Morgan fingerprint density at radius 2 is 1.90 bits per heavy atom. The average molecular weight is 395 g/mol. The van der Waals surface area contributed by atoms with Gasteiger partial charge in [-0.05, 0) is 30.3 Å². The summed E-state index contributed by atoms with van der Waals surface area (Å²) in [5.41, 5.74) is 1.29. The maximum Gasteiger partial charge on any atom is 0.251 e. The number of pyridine rings is 1. The van der Waals surface area contributed by atoms with E-state index in [2.05, 4.69) is 25.8 Å². The molecule has 0 saturated heterocycles.